The van der Waals surface area contributed by atoms with E-state index in [2.05, 4.69) is 20.1 Å². The van der Waals surface area contributed by atoms with E-state index >= 15 is 4.39 Å². The lowest BCUT2D eigenvalue weighted by atomic mass is 9.46. The Morgan fingerprint density at radius 1 is 1.26 bits per heavy atom. The zero-order chi connectivity index (χ0) is 22.7. The third-order valence-electron chi connectivity index (χ3n) is 9.69. The van der Waals surface area contributed by atoms with Crippen LogP contribution in [0.4, 0.5) is 4.39 Å². The number of esters is 1. The summed E-state index contributed by atoms with van der Waals surface area (Å²) in [5.74, 6) is 0.105. The van der Waals surface area contributed by atoms with Crippen molar-refractivity contribution in [3.05, 3.63) is 23.8 Å². The van der Waals surface area contributed by atoms with E-state index in [1.807, 2.05) is 24.8 Å². The lowest BCUT2D eigenvalue weighted by molar-refractivity contribution is -0.148. The number of halogens is 1. The molecule has 3 saturated carbocycles. The fourth-order valence-corrected chi connectivity index (χ4v) is 9.20. The van der Waals surface area contributed by atoms with Crippen LogP contribution in [-0.2, 0) is 14.3 Å². The highest BCUT2D eigenvalue weighted by molar-refractivity contribution is 8.00. The van der Waals surface area contributed by atoms with Crippen LogP contribution in [0.5, 0.6) is 0 Å². The van der Waals surface area contributed by atoms with E-state index in [0.29, 0.717) is 12.3 Å². The molecule has 0 amide bonds. The number of carbonyl (C=O) groups excluding carboxylic acids is 2. The Bertz CT molecular complexity index is 837. The summed E-state index contributed by atoms with van der Waals surface area (Å²) in [6, 6.07) is 0. The van der Waals surface area contributed by atoms with Crippen LogP contribution in [0.1, 0.15) is 79.1 Å². The van der Waals surface area contributed by atoms with Crippen LogP contribution < -0.4 is 0 Å². The average Bonchev–Trinajstić information content (AvgIpc) is 3.01. The molecule has 0 heterocycles. The first-order chi connectivity index (χ1) is 14.5. The number of rotatable bonds is 5. The molecule has 0 N–H and O–H groups in total. The van der Waals surface area contributed by atoms with Gasteiger partial charge in [-0.05, 0) is 93.9 Å². The van der Waals surface area contributed by atoms with E-state index < -0.39 is 11.1 Å². The Morgan fingerprint density at radius 2 is 2.00 bits per heavy atom. The second-order valence-electron chi connectivity index (χ2n) is 10.7. The highest BCUT2D eigenvalue weighted by atomic mass is 32.2. The Hall–Kier alpha value is -1.10. The maximum atomic E-state index is 17.0. The topological polar surface area (TPSA) is 43.4 Å². The van der Waals surface area contributed by atoms with Gasteiger partial charge in [-0.25, -0.2) is 4.39 Å². The van der Waals surface area contributed by atoms with Crippen molar-refractivity contribution in [2.75, 3.05) is 6.26 Å². The van der Waals surface area contributed by atoms with Crippen molar-refractivity contribution in [1.82, 2.24) is 0 Å². The Morgan fingerprint density at radius 3 is 2.65 bits per heavy atom. The number of carbonyl (C=O) groups is 2. The summed E-state index contributed by atoms with van der Waals surface area (Å²) in [7, 11) is 0. The van der Waals surface area contributed by atoms with E-state index in [1.165, 1.54) is 6.92 Å². The second-order valence-corrected chi connectivity index (χ2v) is 11.9. The van der Waals surface area contributed by atoms with E-state index in [0.717, 1.165) is 50.5 Å². The van der Waals surface area contributed by atoms with Gasteiger partial charge in [0.05, 0.1) is 0 Å². The summed E-state index contributed by atoms with van der Waals surface area (Å²) in [5.41, 5.74) is -0.962. The predicted molar refractivity (Wildman–Crippen MR) is 124 cm³/mol. The van der Waals surface area contributed by atoms with E-state index in [4.69, 9.17) is 4.74 Å². The summed E-state index contributed by atoms with van der Waals surface area (Å²) in [6.07, 6.45) is 14.0. The Balaban J connectivity index is 1.67. The minimum absolute atomic E-state index is 0.00448. The van der Waals surface area contributed by atoms with Gasteiger partial charge in [0.1, 0.15) is 11.8 Å². The number of ketones is 1. The largest absolute Gasteiger partial charge is 0.463 e. The molecule has 0 radical (unpaired) electrons. The summed E-state index contributed by atoms with van der Waals surface area (Å²) in [6.45, 7) is 7.97. The van der Waals surface area contributed by atoms with E-state index in [1.54, 1.807) is 12.2 Å². The molecule has 31 heavy (non-hydrogen) atoms. The highest BCUT2D eigenvalue weighted by Gasteiger charge is 2.69. The van der Waals surface area contributed by atoms with Gasteiger partial charge in [-0.3, -0.25) is 9.59 Å². The first-order valence-electron chi connectivity index (χ1n) is 11.9. The van der Waals surface area contributed by atoms with Gasteiger partial charge >= 0.3 is 5.97 Å². The zero-order valence-corrected chi connectivity index (χ0v) is 20.4. The molecule has 0 aliphatic heterocycles. The Labute approximate surface area is 190 Å². The van der Waals surface area contributed by atoms with E-state index in [-0.39, 0.29) is 33.9 Å². The maximum Gasteiger partial charge on any atom is 0.302 e. The van der Waals surface area contributed by atoms with E-state index in [9.17, 15) is 9.59 Å². The number of hydrogen-bond donors (Lipinski definition) is 0. The summed E-state index contributed by atoms with van der Waals surface area (Å²) in [4.78, 5) is 23.6. The molecule has 0 aromatic heterocycles. The molecule has 0 spiro atoms. The molecule has 4 rings (SSSR count). The summed E-state index contributed by atoms with van der Waals surface area (Å²) >= 11 is 1.91. The standard InChI is InChI=1S/C26H37FO3S/c1-6-20(30-17(2)28)16-25(31-5)12-10-21-22-8-7-18-15-19(29)9-11-23(18,3)26(22,27)14-13-24(21,25)4/h9,11,15,20-22H,6-8,10,12-14,16H2,1-5H3/t20?,21-,22-,23-,24-,25+,26?/m0/s1. The van der Waals surface area contributed by atoms with Crippen molar-refractivity contribution in [1.29, 1.82) is 0 Å². The monoisotopic (exact) mass is 448 g/mol. The van der Waals surface area contributed by atoms with Crippen molar-refractivity contribution in [3.8, 4) is 0 Å². The van der Waals surface area contributed by atoms with Crippen LogP contribution in [0.3, 0.4) is 0 Å². The molecule has 3 nitrogen and oxygen atoms in total. The minimum Gasteiger partial charge on any atom is -0.463 e. The summed E-state index contributed by atoms with van der Waals surface area (Å²) in [5, 5.41) is 0. The third kappa shape index (κ3) is 3.20. The van der Waals surface area contributed by atoms with Gasteiger partial charge in [0.15, 0.2) is 5.78 Å². The number of hydrogen-bond acceptors (Lipinski definition) is 4. The number of allylic oxidation sites excluding steroid dienone is 4. The fraction of sp³-hybridized carbons (Fsp3) is 0.769. The van der Waals surface area contributed by atoms with Crippen molar-refractivity contribution in [3.63, 3.8) is 0 Å². The Kier molecular flexibility index (Phi) is 5.76. The molecule has 3 fully saturated rings. The van der Waals surface area contributed by atoms with Gasteiger partial charge < -0.3 is 4.74 Å². The molecule has 0 aromatic rings. The highest BCUT2D eigenvalue weighted by Crippen LogP contribution is 2.72. The van der Waals surface area contributed by atoms with Crippen LogP contribution in [0.15, 0.2) is 23.8 Å². The number of fused-ring (bicyclic) bond motifs is 5. The van der Waals surface area contributed by atoms with Crippen LogP contribution in [-0.4, -0.2) is 34.5 Å². The smallest absolute Gasteiger partial charge is 0.302 e. The first-order valence-corrected chi connectivity index (χ1v) is 13.1. The first kappa shape index (κ1) is 23.1. The lowest BCUT2D eigenvalue weighted by Crippen LogP contribution is -2.61. The van der Waals surface area contributed by atoms with Crippen molar-refractivity contribution in [2.24, 2.45) is 22.7 Å². The molecular formula is C26H37FO3S. The summed E-state index contributed by atoms with van der Waals surface area (Å²) < 4.78 is 22.7. The second kappa shape index (κ2) is 7.74. The molecule has 172 valence electrons. The molecule has 0 saturated heterocycles. The van der Waals surface area contributed by atoms with Crippen LogP contribution in [0.25, 0.3) is 0 Å². The molecule has 4 aliphatic rings. The van der Waals surface area contributed by atoms with Gasteiger partial charge in [0.25, 0.3) is 0 Å². The van der Waals surface area contributed by atoms with Gasteiger partial charge in [0, 0.05) is 17.1 Å². The predicted octanol–water partition coefficient (Wildman–Crippen LogP) is 6.22. The molecular weight excluding hydrogens is 411 g/mol. The van der Waals surface area contributed by atoms with Crippen molar-refractivity contribution >= 4 is 23.5 Å². The molecule has 2 unspecified atom stereocenters. The van der Waals surface area contributed by atoms with Crippen molar-refractivity contribution < 1.29 is 18.7 Å². The molecule has 0 aromatic carbocycles. The van der Waals surface area contributed by atoms with Crippen molar-refractivity contribution in [2.45, 2.75) is 95.6 Å². The SMILES string of the molecule is CCC(C[C@]1(SC)CC[C@H]2[C@@H]3CCC4=CC(=O)C=C[C@]4(C)C3(F)CC[C@@]21C)OC(C)=O. The lowest BCUT2D eigenvalue weighted by Gasteiger charge is -2.62. The molecule has 0 bridgehead atoms. The third-order valence-corrected chi connectivity index (χ3v) is 11.3. The van der Waals surface area contributed by atoms with Crippen LogP contribution in [0.2, 0.25) is 0 Å². The fourth-order valence-electron chi connectivity index (χ4n) is 7.81. The quantitative estimate of drug-likeness (QED) is 0.468. The number of thioether (sulfide) groups is 1. The minimum atomic E-state index is -1.30. The van der Waals surface area contributed by atoms with Crippen LogP contribution in [0, 0.1) is 22.7 Å². The normalized spacial score (nSPS) is 44.7. The molecule has 4 aliphatic carbocycles. The molecule has 5 heteroatoms. The van der Waals surface area contributed by atoms with Gasteiger partial charge in [-0.15, -0.1) is 0 Å². The van der Waals surface area contributed by atoms with Gasteiger partial charge in [-0.1, -0.05) is 25.5 Å². The van der Waals surface area contributed by atoms with Gasteiger partial charge in [0.2, 0.25) is 0 Å². The maximum absolute atomic E-state index is 17.0. The average molecular weight is 449 g/mol. The van der Waals surface area contributed by atoms with Crippen LogP contribution >= 0.6 is 11.8 Å². The number of ether oxygens (including phenoxy) is 1. The zero-order valence-electron chi connectivity index (χ0n) is 19.6. The van der Waals surface area contributed by atoms with Gasteiger partial charge in [-0.2, -0.15) is 11.8 Å². The number of alkyl halides is 1. The molecule has 7 atom stereocenters.